The summed E-state index contributed by atoms with van der Waals surface area (Å²) in [7, 11) is 1.60. The number of fused-ring (bicyclic) bond motifs is 2. The summed E-state index contributed by atoms with van der Waals surface area (Å²) in [6, 6.07) is 3.66. The van der Waals surface area contributed by atoms with Crippen LogP contribution < -0.4 is 4.74 Å². The van der Waals surface area contributed by atoms with Gasteiger partial charge in [0.1, 0.15) is 11.5 Å². The van der Waals surface area contributed by atoms with Crippen molar-refractivity contribution in [2.24, 2.45) is 0 Å². The molecule has 1 atom stereocenters. The Morgan fingerprint density at radius 1 is 1.28 bits per heavy atom. The van der Waals surface area contributed by atoms with E-state index < -0.39 is 0 Å². The van der Waals surface area contributed by atoms with Crippen LogP contribution in [0.1, 0.15) is 30.4 Å². The predicted octanol–water partition coefficient (Wildman–Crippen LogP) is 2.50. The molecule has 1 aromatic carbocycles. The molecule has 0 aliphatic heterocycles. The number of ketones is 1. The van der Waals surface area contributed by atoms with Gasteiger partial charge in [-0.2, -0.15) is 0 Å². The summed E-state index contributed by atoms with van der Waals surface area (Å²) in [5, 5.41) is 10.2. The number of phenols is 1. The van der Waals surface area contributed by atoms with Gasteiger partial charge in [-0.05, 0) is 37.0 Å². The molecule has 0 amide bonds. The van der Waals surface area contributed by atoms with E-state index in [1.54, 1.807) is 19.3 Å². The van der Waals surface area contributed by atoms with Crippen molar-refractivity contribution in [3.8, 4) is 11.5 Å². The van der Waals surface area contributed by atoms with Crippen LogP contribution in [0.15, 0.2) is 24.3 Å². The molecule has 18 heavy (non-hydrogen) atoms. The molecule has 0 heterocycles. The van der Waals surface area contributed by atoms with Crippen molar-refractivity contribution in [2.75, 3.05) is 7.11 Å². The topological polar surface area (TPSA) is 46.5 Å². The van der Waals surface area contributed by atoms with E-state index in [0.717, 1.165) is 30.4 Å². The maximum Gasteiger partial charge on any atom is 0.155 e. The average Bonchev–Trinajstić information content (AvgIpc) is 2.73. The normalized spacial score (nSPS) is 25.5. The number of carbonyl (C=O) groups excluding carboxylic acids is 1. The van der Waals surface area contributed by atoms with Gasteiger partial charge in [-0.15, -0.1) is 0 Å². The summed E-state index contributed by atoms with van der Waals surface area (Å²) in [6.45, 7) is 0. The number of aryl methyl sites for hydroxylation is 1. The Kier molecular flexibility index (Phi) is 2.44. The zero-order valence-electron chi connectivity index (χ0n) is 10.4. The van der Waals surface area contributed by atoms with Crippen LogP contribution in [0.25, 0.3) is 0 Å². The summed E-state index contributed by atoms with van der Waals surface area (Å²) >= 11 is 0. The molecule has 3 rings (SSSR count). The van der Waals surface area contributed by atoms with Crippen molar-refractivity contribution in [1.29, 1.82) is 0 Å². The molecule has 3 heteroatoms. The molecule has 0 radical (unpaired) electrons. The second-order valence-electron chi connectivity index (χ2n) is 5.14. The number of aromatic hydroxyl groups is 1. The van der Waals surface area contributed by atoms with Gasteiger partial charge in [0, 0.05) is 23.5 Å². The quantitative estimate of drug-likeness (QED) is 0.825. The number of hydrogen-bond acceptors (Lipinski definition) is 3. The van der Waals surface area contributed by atoms with E-state index in [2.05, 4.69) is 0 Å². The molecule has 0 saturated heterocycles. The fraction of sp³-hybridized carbons (Fsp3) is 0.400. The number of benzene rings is 1. The van der Waals surface area contributed by atoms with Crippen molar-refractivity contribution >= 4 is 5.78 Å². The second kappa shape index (κ2) is 3.87. The zero-order chi connectivity index (χ0) is 12.8. The minimum Gasteiger partial charge on any atom is -0.507 e. The highest BCUT2D eigenvalue weighted by Gasteiger charge is 2.40. The first kappa shape index (κ1) is 11.3. The third kappa shape index (κ3) is 1.54. The van der Waals surface area contributed by atoms with Crippen LogP contribution in [0.2, 0.25) is 0 Å². The lowest BCUT2D eigenvalue weighted by Gasteiger charge is -2.29. The number of methoxy groups -OCH3 is 1. The Bertz CT molecular complexity index is 545. The van der Waals surface area contributed by atoms with Crippen molar-refractivity contribution in [1.82, 2.24) is 0 Å². The van der Waals surface area contributed by atoms with Crippen molar-refractivity contribution in [3.05, 3.63) is 35.4 Å². The minimum absolute atomic E-state index is 0.139. The molecule has 3 nitrogen and oxygen atoms in total. The maximum absolute atomic E-state index is 11.3. The van der Waals surface area contributed by atoms with E-state index in [4.69, 9.17) is 4.74 Å². The molecule has 1 N–H and O–H groups in total. The standard InChI is InChI=1S/C15H16O3/c1-18-12-8-10-2-5-15(14(10)13(17)9-12)6-3-11(16)4-7-15/h3,6,8-9,17H,2,4-5,7H2,1H3/t15-/m0/s1. The molecular weight excluding hydrogens is 228 g/mol. The van der Waals surface area contributed by atoms with E-state index in [0.29, 0.717) is 17.9 Å². The van der Waals surface area contributed by atoms with E-state index in [1.807, 2.05) is 12.1 Å². The van der Waals surface area contributed by atoms with E-state index in [9.17, 15) is 9.90 Å². The number of allylic oxidation sites excluding steroid dienone is 2. The Morgan fingerprint density at radius 3 is 2.72 bits per heavy atom. The van der Waals surface area contributed by atoms with Gasteiger partial charge in [0.25, 0.3) is 0 Å². The highest BCUT2D eigenvalue weighted by Crippen LogP contribution is 2.50. The predicted molar refractivity (Wildman–Crippen MR) is 68.0 cm³/mol. The third-order valence-corrected chi connectivity index (χ3v) is 4.15. The van der Waals surface area contributed by atoms with Gasteiger partial charge in [0.05, 0.1) is 7.11 Å². The molecule has 0 fully saturated rings. The van der Waals surface area contributed by atoms with Crippen LogP contribution in [0.3, 0.4) is 0 Å². The first-order valence-corrected chi connectivity index (χ1v) is 6.27. The van der Waals surface area contributed by atoms with E-state index in [-0.39, 0.29) is 11.2 Å². The smallest absolute Gasteiger partial charge is 0.155 e. The summed E-state index contributed by atoms with van der Waals surface area (Å²) in [6.07, 6.45) is 6.92. The summed E-state index contributed by atoms with van der Waals surface area (Å²) in [4.78, 5) is 11.3. The molecule has 0 aromatic heterocycles. The van der Waals surface area contributed by atoms with Gasteiger partial charge < -0.3 is 9.84 Å². The molecule has 2 aliphatic rings. The monoisotopic (exact) mass is 244 g/mol. The Hall–Kier alpha value is -1.77. The van der Waals surface area contributed by atoms with Crippen LogP contribution in [-0.4, -0.2) is 18.0 Å². The highest BCUT2D eigenvalue weighted by atomic mass is 16.5. The maximum atomic E-state index is 11.3. The van der Waals surface area contributed by atoms with Crippen LogP contribution in [0.4, 0.5) is 0 Å². The van der Waals surface area contributed by atoms with Crippen molar-refractivity contribution < 1.29 is 14.6 Å². The lowest BCUT2D eigenvalue weighted by molar-refractivity contribution is -0.115. The molecule has 0 bridgehead atoms. The van der Waals surface area contributed by atoms with Crippen LogP contribution in [0.5, 0.6) is 11.5 Å². The van der Waals surface area contributed by atoms with Gasteiger partial charge in [-0.25, -0.2) is 0 Å². The van der Waals surface area contributed by atoms with Crippen molar-refractivity contribution in [3.63, 3.8) is 0 Å². The van der Waals surface area contributed by atoms with Gasteiger partial charge >= 0.3 is 0 Å². The highest BCUT2D eigenvalue weighted by molar-refractivity contribution is 5.91. The Balaban J connectivity index is 2.12. The molecular formula is C15H16O3. The second-order valence-corrected chi connectivity index (χ2v) is 5.14. The van der Waals surface area contributed by atoms with Crippen molar-refractivity contribution in [2.45, 2.75) is 31.1 Å². The van der Waals surface area contributed by atoms with E-state index in [1.165, 1.54) is 0 Å². The SMILES string of the molecule is COc1cc(O)c2c(c1)CC[C@@]21C=CC(=O)CC1. The number of hydrogen-bond donors (Lipinski definition) is 1. The molecule has 1 spiro atoms. The number of phenolic OH excluding ortho intramolecular Hbond substituents is 1. The molecule has 2 aliphatic carbocycles. The minimum atomic E-state index is -0.139. The molecule has 0 saturated carbocycles. The molecule has 1 aromatic rings. The fourth-order valence-electron chi connectivity index (χ4n) is 3.21. The van der Waals surface area contributed by atoms with Gasteiger partial charge in [0.15, 0.2) is 5.78 Å². The first-order chi connectivity index (χ1) is 8.64. The van der Waals surface area contributed by atoms with Gasteiger partial charge in [-0.3, -0.25) is 4.79 Å². The lowest BCUT2D eigenvalue weighted by Crippen LogP contribution is -2.25. The Morgan fingerprint density at radius 2 is 2.06 bits per heavy atom. The fourth-order valence-corrected chi connectivity index (χ4v) is 3.21. The molecule has 0 unspecified atom stereocenters. The zero-order valence-corrected chi connectivity index (χ0v) is 10.4. The number of ether oxygens (including phenoxy) is 1. The first-order valence-electron chi connectivity index (χ1n) is 6.27. The largest absolute Gasteiger partial charge is 0.507 e. The van der Waals surface area contributed by atoms with Crippen LogP contribution in [-0.2, 0) is 16.6 Å². The van der Waals surface area contributed by atoms with E-state index >= 15 is 0 Å². The number of rotatable bonds is 1. The van der Waals surface area contributed by atoms with Gasteiger partial charge in [-0.1, -0.05) is 6.08 Å². The molecule has 94 valence electrons. The Labute approximate surface area is 106 Å². The number of carbonyl (C=O) groups is 1. The summed E-state index contributed by atoms with van der Waals surface area (Å²) in [5.74, 6) is 1.17. The summed E-state index contributed by atoms with van der Waals surface area (Å²) in [5.41, 5.74) is 2.00. The lowest BCUT2D eigenvalue weighted by atomic mass is 9.74. The van der Waals surface area contributed by atoms with Crippen LogP contribution >= 0.6 is 0 Å². The van der Waals surface area contributed by atoms with Gasteiger partial charge in [0.2, 0.25) is 0 Å². The third-order valence-electron chi connectivity index (χ3n) is 4.15. The summed E-state index contributed by atoms with van der Waals surface area (Å²) < 4.78 is 5.18. The average molecular weight is 244 g/mol. The van der Waals surface area contributed by atoms with Crippen LogP contribution in [0, 0.1) is 0 Å².